The molecule has 5 aromatic carbocycles. The van der Waals surface area contributed by atoms with Crippen molar-refractivity contribution in [2.24, 2.45) is 0 Å². The van der Waals surface area contributed by atoms with Crippen LogP contribution in [0.4, 0.5) is 0 Å². The van der Waals surface area contributed by atoms with Crippen molar-refractivity contribution < 1.29 is 0 Å². The van der Waals surface area contributed by atoms with Gasteiger partial charge in [-0.1, -0.05) is 107 Å². The van der Waals surface area contributed by atoms with Gasteiger partial charge < -0.3 is 0 Å². The normalized spacial score (nSPS) is 11.8. The van der Waals surface area contributed by atoms with E-state index in [0.29, 0.717) is 0 Å². The number of benzene rings is 5. The van der Waals surface area contributed by atoms with Crippen molar-refractivity contribution in [2.75, 3.05) is 0 Å². The van der Waals surface area contributed by atoms with E-state index in [2.05, 4.69) is 85.8 Å². The summed E-state index contributed by atoms with van der Waals surface area (Å²) in [5, 5.41) is 10.7. The maximum absolute atomic E-state index is 2.42. The van der Waals surface area contributed by atoms with Crippen LogP contribution in [0.15, 0.2) is 78.9 Å². The van der Waals surface area contributed by atoms with Crippen LogP contribution >= 0.6 is 0 Å². The number of fused-ring (bicyclic) bond motifs is 4. The third kappa shape index (κ3) is 5.44. The fourth-order valence-corrected chi connectivity index (χ4v) is 5.47. The molecule has 0 amide bonds. The van der Waals surface area contributed by atoms with E-state index in [1.807, 2.05) is 0 Å². The molecule has 34 heavy (non-hydrogen) atoms. The first-order valence-corrected chi connectivity index (χ1v) is 13.6. The zero-order valence-corrected chi connectivity index (χ0v) is 20.8. The maximum Gasteiger partial charge on any atom is -0.0171 e. The molecular weight excluding hydrogens is 408 g/mol. The Bertz CT molecular complexity index is 1390. The molecule has 0 unspecified atom stereocenters. The summed E-state index contributed by atoms with van der Waals surface area (Å²) in [6.07, 6.45) is 15.2. The molecule has 0 aliphatic heterocycles. The van der Waals surface area contributed by atoms with E-state index >= 15 is 0 Å². The van der Waals surface area contributed by atoms with Gasteiger partial charge in [-0.05, 0) is 97.9 Å². The standard InChI is InChI=1S/C34H38/c1-2-3-4-5-6-7-8-9-10-11-14-26-17-18-29-22-33-24-31-20-27-15-12-13-16-28(27)21-32(31)25-34(33)23-30(29)19-26/h12-13,15-25H,2-11,14H2,1H3. The summed E-state index contributed by atoms with van der Waals surface area (Å²) in [4.78, 5) is 0. The summed E-state index contributed by atoms with van der Waals surface area (Å²) < 4.78 is 0. The SMILES string of the molecule is CCCCCCCCCCCCc1ccc2cc3cc4cc5ccccc5cc4cc3cc2c1. The van der Waals surface area contributed by atoms with E-state index in [-0.39, 0.29) is 0 Å². The van der Waals surface area contributed by atoms with Gasteiger partial charge in [0.2, 0.25) is 0 Å². The van der Waals surface area contributed by atoms with Crippen LogP contribution in [-0.4, -0.2) is 0 Å². The molecule has 0 atom stereocenters. The number of aryl methyl sites for hydroxylation is 1. The average molecular weight is 447 g/mol. The minimum Gasteiger partial charge on any atom is -0.0654 e. The third-order valence-electron chi connectivity index (χ3n) is 7.50. The lowest BCUT2D eigenvalue weighted by Crippen LogP contribution is -1.88. The van der Waals surface area contributed by atoms with E-state index in [0.717, 1.165) is 0 Å². The van der Waals surface area contributed by atoms with Crippen LogP contribution in [0, 0.1) is 0 Å². The van der Waals surface area contributed by atoms with Gasteiger partial charge in [0.05, 0.1) is 0 Å². The average Bonchev–Trinajstić information content (AvgIpc) is 2.86. The predicted octanol–water partition coefficient (Wildman–Crippen LogP) is 10.8. The Morgan fingerprint density at radius 1 is 0.382 bits per heavy atom. The first kappa shape index (κ1) is 22.9. The van der Waals surface area contributed by atoms with Crippen molar-refractivity contribution >= 4 is 43.1 Å². The van der Waals surface area contributed by atoms with Crippen LogP contribution in [0.3, 0.4) is 0 Å². The highest BCUT2D eigenvalue weighted by Crippen LogP contribution is 2.30. The molecule has 0 heteroatoms. The van der Waals surface area contributed by atoms with E-state index in [1.165, 1.54) is 119 Å². The minimum absolute atomic E-state index is 1.20. The summed E-state index contributed by atoms with van der Waals surface area (Å²) in [5.41, 5.74) is 1.48. The molecule has 0 aliphatic carbocycles. The molecule has 0 N–H and O–H groups in total. The van der Waals surface area contributed by atoms with Gasteiger partial charge >= 0.3 is 0 Å². The van der Waals surface area contributed by atoms with Crippen molar-refractivity contribution in [1.29, 1.82) is 0 Å². The number of rotatable bonds is 11. The maximum atomic E-state index is 2.42. The van der Waals surface area contributed by atoms with Gasteiger partial charge in [0.1, 0.15) is 0 Å². The molecule has 0 bridgehead atoms. The molecule has 0 spiro atoms. The van der Waals surface area contributed by atoms with Gasteiger partial charge in [-0.2, -0.15) is 0 Å². The van der Waals surface area contributed by atoms with Gasteiger partial charge in [-0.15, -0.1) is 0 Å². The van der Waals surface area contributed by atoms with Gasteiger partial charge in [0, 0.05) is 0 Å². The van der Waals surface area contributed by atoms with E-state index < -0.39 is 0 Å². The minimum atomic E-state index is 1.20. The summed E-state index contributed by atoms with van der Waals surface area (Å²) in [5.74, 6) is 0. The zero-order valence-electron chi connectivity index (χ0n) is 20.8. The molecule has 0 aliphatic rings. The second kappa shape index (κ2) is 11.0. The van der Waals surface area contributed by atoms with E-state index in [4.69, 9.17) is 0 Å². The molecule has 0 aromatic heterocycles. The number of hydrogen-bond acceptors (Lipinski definition) is 0. The molecule has 0 saturated carbocycles. The summed E-state index contributed by atoms with van der Waals surface area (Å²) in [7, 11) is 0. The van der Waals surface area contributed by atoms with E-state index in [9.17, 15) is 0 Å². The van der Waals surface area contributed by atoms with Gasteiger partial charge in [-0.3, -0.25) is 0 Å². The second-order valence-electron chi connectivity index (χ2n) is 10.2. The summed E-state index contributed by atoms with van der Waals surface area (Å²) in [6.45, 7) is 2.29. The first-order chi connectivity index (χ1) is 16.8. The molecule has 5 aromatic rings. The Morgan fingerprint density at radius 3 is 1.32 bits per heavy atom. The molecule has 5 rings (SSSR count). The highest BCUT2D eigenvalue weighted by atomic mass is 14.1. The van der Waals surface area contributed by atoms with Gasteiger partial charge in [0.15, 0.2) is 0 Å². The highest BCUT2D eigenvalue weighted by Gasteiger charge is 2.04. The fraction of sp³-hybridized carbons (Fsp3) is 0.353. The Kier molecular flexibility index (Phi) is 7.44. The van der Waals surface area contributed by atoms with E-state index in [1.54, 1.807) is 0 Å². The lowest BCUT2D eigenvalue weighted by atomic mass is 9.96. The zero-order chi connectivity index (χ0) is 23.2. The topological polar surface area (TPSA) is 0 Å². The Balaban J connectivity index is 1.24. The van der Waals surface area contributed by atoms with Gasteiger partial charge in [-0.25, -0.2) is 0 Å². The monoisotopic (exact) mass is 446 g/mol. The molecule has 174 valence electrons. The van der Waals surface area contributed by atoms with Crippen molar-refractivity contribution in [2.45, 2.75) is 77.6 Å². The number of unbranched alkanes of at least 4 members (excludes halogenated alkanes) is 9. The van der Waals surface area contributed by atoms with Crippen LogP contribution in [0.1, 0.15) is 76.7 Å². The molecule has 0 heterocycles. The summed E-state index contributed by atoms with van der Waals surface area (Å²) in [6, 6.07) is 29.9. The van der Waals surface area contributed by atoms with Gasteiger partial charge in [0.25, 0.3) is 0 Å². The largest absolute Gasteiger partial charge is 0.0654 e. The quantitative estimate of drug-likeness (QED) is 0.140. The molecule has 0 nitrogen and oxygen atoms in total. The Morgan fingerprint density at radius 2 is 0.794 bits per heavy atom. The second-order valence-corrected chi connectivity index (χ2v) is 10.2. The molecule has 0 fully saturated rings. The van der Waals surface area contributed by atoms with Crippen LogP contribution in [-0.2, 0) is 6.42 Å². The van der Waals surface area contributed by atoms with Crippen LogP contribution < -0.4 is 0 Å². The first-order valence-electron chi connectivity index (χ1n) is 13.6. The van der Waals surface area contributed by atoms with Crippen LogP contribution in [0.25, 0.3) is 43.1 Å². The number of hydrogen-bond donors (Lipinski definition) is 0. The van der Waals surface area contributed by atoms with Crippen molar-refractivity contribution in [3.63, 3.8) is 0 Å². The van der Waals surface area contributed by atoms with Crippen molar-refractivity contribution in [3.05, 3.63) is 84.4 Å². The van der Waals surface area contributed by atoms with Crippen LogP contribution in [0.2, 0.25) is 0 Å². The lowest BCUT2D eigenvalue weighted by molar-refractivity contribution is 0.556. The van der Waals surface area contributed by atoms with Crippen molar-refractivity contribution in [3.8, 4) is 0 Å². The summed E-state index contributed by atoms with van der Waals surface area (Å²) >= 11 is 0. The van der Waals surface area contributed by atoms with Crippen LogP contribution in [0.5, 0.6) is 0 Å². The Hall–Kier alpha value is -2.86. The predicted molar refractivity (Wildman–Crippen MR) is 152 cm³/mol. The molecular formula is C34H38. The highest BCUT2D eigenvalue weighted by molar-refractivity contribution is 6.08. The molecule has 0 radical (unpaired) electrons. The smallest absolute Gasteiger partial charge is 0.0171 e. The Labute approximate surface area is 205 Å². The fourth-order valence-electron chi connectivity index (χ4n) is 5.47. The third-order valence-corrected chi connectivity index (χ3v) is 7.50. The molecule has 0 saturated heterocycles. The van der Waals surface area contributed by atoms with Crippen molar-refractivity contribution in [1.82, 2.24) is 0 Å². The lowest BCUT2D eigenvalue weighted by Gasteiger charge is -2.09.